The Kier molecular flexibility index (Phi) is 5.93. The average Bonchev–Trinajstić information content (AvgIpc) is 3.33. The van der Waals surface area contributed by atoms with Crippen LogP contribution in [0.3, 0.4) is 0 Å². The number of hydrogen-bond acceptors (Lipinski definition) is 6. The largest absolute Gasteiger partial charge is 0.497 e. The maximum absolute atomic E-state index is 13.1. The zero-order chi connectivity index (χ0) is 21.6. The smallest absolute Gasteiger partial charge is 0.252 e. The molecule has 0 unspecified atom stereocenters. The minimum Gasteiger partial charge on any atom is -0.497 e. The van der Waals surface area contributed by atoms with Crippen molar-refractivity contribution in [1.82, 2.24) is 15.5 Å². The quantitative estimate of drug-likeness (QED) is 0.485. The molecule has 0 saturated carbocycles. The molecule has 0 aliphatic rings. The Morgan fingerprint density at radius 3 is 2.10 bits per heavy atom. The summed E-state index contributed by atoms with van der Waals surface area (Å²) in [6, 6.07) is 23.3. The topological polar surface area (TPSA) is 86.5 Å². The van der Waals surface area contributed by atoms with Gasteiger partial charge in [-0.25, -0.2) is 0 Å². The lowest BCUT2D eigenvalue weighted by Gasteiger charge is -2.16. The van der Waals surface area contributed by atoms with E-state index in [1.807, 2.05) is 60.7 Å². The van der Waals surface area contributed by atoms with E-state index in [0.29, 0.717) is 23.0 Å². The van der Waals surface area contributed by atoms with E-state index in [1.165, 1.54) is 14.2 Å². The molecule has 0 aliphatic carbocycles. The summed E-state index contributed by atoms with van der Waals surface area (Å²) in [4.78, 5) is 13.1. The summed E-state index contributed by atoms with van der Waals surface area (Å²) >= 11 is 0. The number of carbonyl (C=O) groups excluding carboxylic acids is 1. The van der Waals surface area contributed by atoms with Crippen LogP contribution in [0.1, 0.15) is 27.9 Å². The number of benzene rings is 3. The van der Waals surface area contributed by atoms with E-state index in [0.717, 1.165) is 11.1 Å². The molecule has 0 bridgehead atoms. The van der Waals surface area contributed by atoms with Gasteiger partial charge in [-0.2, -0.15) is 0 Å². The molecule has 156 valence electrons. The van der Waals surface area contributed by atoms with Crippen LogP contribution in [0.4, 0.5) is 0 Å². The van der Waals surface area contributed by atoms with Gasteiger partial charge in [-0.05, 0) is 29.8 Å². The number of nitrogens with zero attached hydrogens (tertiary/aromatic N) is 2. The zero-order valence-electron chi connectivity index (χ0n) is 17.1. The summed E-state index contributed by atoms with van der Waals surface area (Å²) in [6.45, 7) is 0. The Balaban J connectivity index is 1.67. The molecule has 7 heteroatoms. The van der Waals surface area contributed by atoms with Gasteiger partial charge in [0.15, 0.2) is 0 Å². The molecule has 0 saturated heterocycles. The lowest BCUT2D eigenvalue weighted by molar-refractivity contribution is 0.0937. The third-order valence-electron chi connectivity index (χ3n) is 4.73. The van der Waals surface area contributed by atoms with Gasteiger partial charge in [-0.15, -0.1) is 10.2 Å². The van der Waals surface area contributed by atoms with Crippen LogP contribution in [0.15, 0.2) is 83.3 Å². The number of rotatable bonds is 7. The van der Waals surface area contributed by atoms with Crippen molar-refractivity contribution in [3.63, 3.8) is 0 Å². The number of ether oxygens (including phenoxy) is 2. The van der Waals surface area contributed by atoms with Crippen LogP contribution in [0.2, 0.25) is 0 Å². The maximum atomic E-state index is 13.1. The first-order valence-corrected chi connectivity index (χ1v) is 9.65. The Bertz CT molecular complexity index is 1140. The van der Waals surface area contributed by atoms with Crippen molar-refractivity contribution in [1.29, 1.82) is 0 Å². The average molecular weight is 415 g/mol. The minimum absolute atomic E-state index is 0.285. The second-order valence-electron chi connectivity index (χ2n) is 6.73. The third kappa shape index (κ3) is 4.56. The van der Waals surface area contributed by atoms with Crippen LogP contribution in [0, 0.1) is 0 Å². The van der Waals surface area contributed by atoms with Gasteiger partial charge in [0.1, 0.15) is 17.5 Å². The first-order valence-electron chi connectivity index (χ1n) is 9.65. The highest BCUT2D eigenvalue weighted by Gasteiger charge is 2.24. The number of aromatic nitrogens is 2. The van der Waals surface area contributed by atoms with Crippen molar-refractivity contribution in [3.05, 3.63) is 95.9 Å². The Labute approximate surface area is 179 Å². The Morgan fingerprint density at radius 2 is 1.48 bits per heavy atom. The fourth-order valence-corrected chi connectivity index (χ4v) is 3.13. The van der Waals surface area contributed by atoms with Crippen molar-refractivity contribution in [2.45, 2.75) is 6.04 Å². The van der Waals surface area contributed by atoms with Gasteiger partial charge in [0.25, 0.3) is 5.91 Å². The summed E-state index contributed by atoms with van der Waals surface area (Å²) in [5, 5.41) is 11.3. The zero-order valence-corrected chi connectivity index (χ0v) is 17.1. The lowest BCUT2D eigenvalue weighted by Crippen LogP contribution is -2.29. The molecule has 4 rings (SSSR count). The van der Waals surface area contributed by atoms with Crippen LogP contribution in [-0.4, -0.2) is 30.3 Å². The van der Waals surface area contributed by atoms with Gasteiger partial charge < -0.3 is 19.2 Å². The monoisotopic (exact) mass is 415 g/mol. The molecule has 31 heavy (non-hydrogen) atoms. The molecule has 0 fully saturated rings. The summed E-state index contributed by atoms with van der Waals surface area (Å²) in [7, 11) is 3.07. The predicted octanol–water partition coefficient (Wildman–Crippen LogP) is 4.27. The van der Waals surface area contributed by atoms with Crippen LogP contribution in [0.25, 0.3) is 11.5 Å². The summed E-state index contributed by atoms with van der Waals surface area (Å²) < 4.78 is 16.5. The van der Waals surface area contributed by atoms with Crippen LogP contribution >= 0.6 is 0 Å². The van der Waals surface area contributed by atoms with Crippen molar-refractivity contribution < 1.29 is 18.7 Å². The van der Waals surface area contributed by atoms with Crippen molar-refractivity contribution in [2.75, 3.05) is 14.2 Å². The van der Waals surface area contributed by atoms with Gasteiger partial charge in [-0.1, -0.05) is 48.5 Å². The molecule has 0 aliphatic heterocycles. The van der Waals surface area contributed by atoms with E-state index < -0.39 is 6.04 Å². The van der Waals surface area contributed by atoms with Crippen LogP contribution in [-0.2, 0) is 0 Å². The molecule has 1 N–H and O–H groups in total. The first-order chi connectivity index (χ1) is 15.2. The van der Waals surface area contributed by atoms with E-state index in [4.69, 9.17) is 13.9 Å². The SMILES string of the molecule is COc1cc(OC)cc(C(=O)N[C@@H](c2ccccc2)c2nnc(-c3ccccc3)o2)c1. The number of carbonyl (C=O) groups is 1. The summed E-state index contributed by atoms with van der Waals surface area (Å²) in [5.74, 6) is 1.38. The van der Waals surface area contributed by atoms with Crippen molar-refractivity contribution in [3.8, 4) is 23.0 Å². The van der Waals surface area contributed by atoms with E-state index in [1.54, 1.807) is 18.2 Å². The second-order valence-corrected chi connectivity index (χ2v) is 6.73. The molecule has 4 aromatic rings. The molecule has 0 spiro atoms. The van der Waals surface area contributed by atoms with Gasteiger partial charge in [-0.3, -0.25) is 4.79 Å². The van der Waals surface area contributed by atoms with E-state index in [2.05, 4.69) is 15.5 Å². The molecule has 7 nitrogen and oxygen atoms in total. The van der Waals surface area contributed by atoms with E-state index >= 15 is 0 Å². The van der Waals surface area contributed by atoms with Crippen LogP contribution < -0.4 is 14.8 Å². The molecule has 1 atom stereocenters. The number of amides is 1. The lowest BCUT2D eigenvalue weighted by atomic mass is 10.1. The second kappa shape index (κ2) is 9.13. The van der Waals surface area contributed by atoms with Gasteiger partial charge in [0, 0.05) is 17.2 Å². The van der Waals surface area contributed by atoms with Gasteiger partial charge in [0.2, 0.25) is 11.8 Å². The Hall–Kier alpha value is -4.13. The normalized spacial score (nSPS) is 11.5. The summed E-state index contributed by atoms with van der Waals surface area (Å²) in [5.41, 5.74) is 2.01. The molecule has 0 radical (unpaired) electrons. The van der Waals surface area contributed by atoms with Crippen molar-refractivity contribution in [2.24, 2.45) is 0 Å². The van der Waals surface area contributed by atoms with E-state index in [9.17, 15) is 4.79 Å². The molecule has 1 aromatic heterocycles. The fourth-order valence-electron chi connectivity index (χ4n) is 3.13. The number of nitrogens with one attached hydrogen (secondary N) is 1. The first kappa shape index (κ1) is 20.2. The summed E-state index contributed by atoms with van der Waals surface area (Å²) in [6.07, 6.45) is 0. The van der Waals surface area contributed by atoms with Gasteiger partial charge in [0.05, 0.1) is 14.2 Å². The molecular formula is C24H21N3O4. The third-order valence-corrected chi connectivity index (χ3v) is 4.73. The molecule has 1 amide bonds. The predicted molar refractivity (Wildman–Crippen MR) is 115 cm³/mol. The Morgan fingerprint density at radius 1 is 0.871 bits per heavy atom. The van der Waals surface area contributed by atoms with Gasteiger partial charge >= 0.3 is 0 Å². The molecule has 3 aromatic carbocycles. The number of methoxy groups -OCH3 is 2. The highest BCUT2D eigenvalue weighted by atomic mass is 16.5. The highest BCUT2D eigenvalue weighted by Crippen LogP contribution is 2.27. The molecular weight excluding hydrogens is 394 g/mol. The van der Waals surface area contributed by atoms with Crippen LogP contribution in [0.5, 0.6) is 11.5 Å². The van der Waals surface area contributed by atoms with E-state index in [-0.39, 0.29) is 11.8 Å². The fraction of sp³-hybridized carbons (Fsp3) is 0.125. The maximum Gasteiger partial charge on any atom is 0.252 e. The number of hydrogen-bond donors (Lipinski definition) is 1. The standard InChI is InChI=1S/C24H21N3O4/c1-29-19-13-18(14-20(15-19)30-2)22(28)25-21(16-9-5-3-6-10-16)24-27-26-23(31-24)17-11-7-4-8-12-17/h3-15,21H,1-2H3,(H,25,28)/t21-/m0/s1. The highest BCUT2D eigenvalue weighted by molar-refractivity contribution is 5.95. The minimum atomic E-state index is -0.629. The molecule has 1 heterocycles. The van der Waals surface area contributed by atoms with Crippen molar-refractivity contribution >= 4 is 5.91 Å².